The number of aliphatic hydroxyl groups is 1. The third kappa shape index (κ3) is 1.97. The number of benzene rings is 1. The summed E-state index contributed by atoms with van der Waals surface area (Å²) >= 11 is 6.14. The Morgan fingerprint density at radius 3 is 1.87 bits per heavy atom. The number of hydrogen-bond acceptors (Lipinski definition) is 2. The van der Waals surface area contributed by atoms with Crippen LogP contribution in [0.15, 0.2) is 0 Å². The maximum Gasteiger partial charge on any atom is 0.125 e. The van der Waals surface area contributed by atoms with Crippen molar-refractivity contribution in [2.24, 2.45) is 0 Å². The van der Waals surface area contributed by atoms with Crippen LogP contribution in [0.5, 0.6) is 5.75 Å². The van der Waals surface area contributed by atoms with E-state index in [2.05, 4.69) is 0 Å². The van der Waals surface area contributed by atoms with Crippen molar-refractivity contribution in [1.82, 2.24) is 0 Å². The second kappa shape index (κ2) is 3.69. The van der Waals surface area contributed by atoms with Gasteiger partial charge in [0.05, 0.1) is 5.60 Å². The first-order valence-electron chi connectivity index (χ1n) is 4.89. The molecule has 0 saturated carbocycles. The normalized spacial score (nSPS) is 11.9. The van der Waals surface area contributed by atoms with Gasteiger partial charge in [-0.05, 0) is 51.3 Å². The van der Waals surface area contributed by atoms with Gasteiger partial charge in [0.15, 0.2) is 0 Å². The van der Waals surface area contributed by atoms with Gasteiger partial charge in [-0.1, -0.05) is 11.6 Å². The predicted octanol–water partition coefficient (Wildman–Crippen LogP) is 3.20. The van der Waals surface area contributed by atoms with Crippen LogP contribution in [0, 0.1) is 20.8 Å². The molecule has 0 fully saturated rings. The molecule has 0 aromatic heterocycles. The van der Waals surface area contributed by atoms with Crippen LogP contribution in [0.3, 0.4) is 0 Å². The molecule has 2 nitrogen and oxygen atoms in total. The molecular formula is C12H17ClO2. The SMILES string of the molecule is Cc1c(C)c(Cl)c(C)c(C(C)(C)O)c1O. The molecule has 0 bridgehead atoms. The minimum absolute atomic E-state index is 0.141. The highest BCUT2D eigenvalue weighted by atomic mass is 35.5. The summed E-state index contributed by atoms with van der Waals surface area (Å²) in [4.78, 5) is 0. The zero-order chi connectivity index (χ0) is 12.0. The van der Waals surface area contributed by atoms with Crippen molar-refractivity contribution in [3.63, 3.8) is 0 Å². The lowest BCUT2D eigenvalue weighted by Crippen LogP contribution is -2.18. The van der Waals surface area contributed by atoms with Gasteiger partial charge >= 0.3 is 0 Å². The van der Waals surface area contributed by atoms with E-state index < -0.39 is 5.60 Å². The van der Waals surface area contributed by atoms with Crippen molar-refractivity contribution in [1.29, 1.82) is 0 Å². The minimum atomic E-state index is -1.09. The molecular weight excluding hydrogens is 212 g/mol. The summed E-state index contributed by atoms with van der Waals surface area (Å²) in [6, 6.07) is 0. The molecule has 1 aromatic rings. The molecule has 1 rings (SSSR count). The Kier molecular flexibility index (Phi) is 3.04. The molecule has 0 saturated heterocycles. The third-order valence-corrected chi connectivity index (χ3v) is 3.37. The van der Waals surface area contributed by atoms with E-state index in [0.29, 0.717) is 10.6 Å². The van der Waals surface area contributed by atoms with Crippen molar-refractivity contribution in [3.8, 4) is 5.75 Å². The van der Waals surface area contributed by atoms with Crippen molar-refractivity contribution in [3.05, 3.63) is 27.3 Å². The number of hydrogen-bond donors (Lipinski definition) is 2. The Morgan fingerprint density at radius 1 is 1.00 bits per heavy atom. The molecule has 3 heteroatoms. The first kappa shape index (κ1) is 12.3. The predicted molar refractivity (Wildman–Crippen MR) is 62.6 cm³/mol. The van der Waals surface area contributed by atoms with Crippen LogP contribution in [0.2, 0.25) is 5.02 Å². The standard InChI is InChI=1S/C12H17ClO2/c1-6-7(2)11(14)9(12(4,5)15)8(3)10(6)13/h14-15H,1-5H3. The van der Waals surface area contributed by atoms with Crippen LogP contribution < -0.4 is 0 Å². The molecule has 0 unspecified atom stereocenters. The lowest BCUT2D eigenvalue weighted by Gasteiger charge is -2.24. The van der Waals surface area contributed by atoms with E-state index in [4.69, 9.17) is 11.6 Å². The van der Waals surface area contributed by atoms with Crippen molar-refractivity contribution >= 4 is 11.6 Å². The molecule has 0 radical (unpaired) electrons. The van der Waals surface area contributed by atoms with Crippen molar-refractivity contribution in [2.45, 2.75) is 40.2 Å². The van der Waals surface area contributed by atoms with Crippen LogP contribution in [0.4, 0.5) is 0 Å². The van der Waals surface area contributed by atoms with Gasteiger partial charge in [0, 0.05) is 10.6 Å². The molecule has 2 N–H and O–H groups in total. The number of halogens is 1. The Hall–Kier alpha value is -0.730. The van der Waals surface area contributed by atoms with Gasteiger partial charge in [0.2, 0.25) is 0 Å². The van der Waals surface area contributed by atoms with Crippen LogP contribution in [-0.4, -0.2) is 10.2 Å². The summed E-state index contributed by atoms with van der Waals surface area (Å²) in [6.45, 7) is 8.74. The highest BCUT2D eigenvalue weighted by molar-refractivity contribution is 6.32. The van der Waals surface area contributed by atoms with E-state index in [0.717, 1.165) is 16.7 Å². The van der Waals surface area contributed by atoms with Gasteiger partial charge in [-0.15, -0.1) is 0 Å². The molecule has 0 heterocycles. The molecule has 1 aromatic carbocycles. The average molecular weight is 229 g/mol. The zero-order valence-electron chi connectivity index (χ0n) is 9.77. The fourth-order valence-electron chi connectivity index (χ4n) is 1.85. The molecule has 0 aliphatic carbocycles. The molecule has 0 aliphatic heterocycles. The molecule has 15 heavy (non-hydrogen) atoms. The number of phenols is 1. The van der Waals surface area contributed by atoms with Gasteiger partial charge < -0.3 is 10.2 Å². The number of aromatic hydroxyl groups is 1. The van der Waals surface area contributed by atoms with E-state index in [1.807, 2.05) is 13.8 Å². The highest BCUT2D eigenvalue weighted by Gasteiger charge is 2.26. The number of rotatable bonds is 1. The topological polar surface area (TPSA) is 40.5 Å². The van der Waals surface area contributed by atoms with Crippen molar-refractivity contribution < 1.29 is 10.2 Å². The van der Waals surface area contributed by atoms with E-state index >= 15 is 0 Å². The van der Waals surface area contributed by atoms with Gasteiger partial charge in [-0.3, -0.25) is 0 Å². The van der Waals surface area contributed by atoms with E-state index in [1.165, 1.54) is 0 Å². The fraction of sp³-hybridized carbons (Fsp3) is 0.500. The highest BCUT2D eigenvalue weighted by Crippen LogP contribution is 2.40. The second-order valence-electron chi connectivity index (χ2n) is 4.47. The summed E-state index contributed by atoms with van der Waals surface area (Å²) < 4.78 is 0. The lowest BCUT2D eigenvalue weighted by molar-refractivity contribution is 0.0750. The first-order valence-corrected chi connectivity index (χ1v) is 5.26. The Bertz CT molecular complexity index is 374. The third-order valence-electron chi connectivity index (χ3n) is 2.80. The summed E-state index contributed by atoms with van der Waals surface area (Å²) in [5.74, 6) is 0.141. The largest absolute Gasteiger partial charge is 0.507 e. The Morgan fingerprint density at radius 2 is 1.47 bits per heavy atom. The summed E-state index contributed by atoms with van der Waals surface area (Å²) in [5, 5.41) is 20.6. The molecule has 84 valence electrons. The van der Waals surface area contributed by atoms with Crippen LogP contribution >= 0.6 is 11.6 Å². The van der Waals surface area contributed by atoms with Gasteiger partial charge in [0.1, 0.15) is 5.75 Å². The molecule has 0 amide bonds. The zero-order valence-corrected chi connectivity index (χ0v) is 10.5. The first-order chi connectivity index (χ1) is 6.68. The van der Waals surface area contributed by atoms with Crippen LogP contribution in [0.1, 0.15) is 36.1 Å². The summed E-state index contributed by atoms with van der Waals surface area (Å²) in [7, 11) is 0. The van der Waals surface area contributed by atoms with Gasteiger partial charge in [-0.2, -0.15) is 0 Å². The summed E-state index contributed by atoms with van der Waals surface area (Å²) in [5.41, 5.74) is 1.75. The molecule has 0 atom stereocenters. The van der Waals surface area contributed by atoms with E-state index in [1.54, 1.807) is 20.8 Å². The maximum atomic E-state index is 10.0. The van der Waals surface area contributed by atoms with Gasteiger partial charge in [0.25, 0.3) is 0 Å². The van der Waals surface area contributed by atoms with E-state index in [-0.39, 0.29) is 5.75 Å². The average Bonchev–Trinajstić information content (AvgIpc) is 2.09. The smallest absolute Gasteiger partial charge is 0.125 e. The molecule has 0 aliphatic rings. The maximum absolute atomic E-state index is 10.0. The Balaban J connectivity index is 3.68. The fourth-order valence-corrected chi connectivity index (χ4v) is 2.08. The van der Waals surface area contributed by atoms with Crippen LogP contribution in [0.25, 0.3) is 0 Å². The lowest BCUT2D eigenvalue weighted by atomic mass is 9.89. The van der Waals surface area contributed by atoms with Crippen molar-refractivity contribution in [2.75, 3.05) is 0 Å². The Labute approximate surface area is 95.5 Å². The van der Waals surface area contributed by atoms with Crippen LogP contribution in [-0.2, 0) is 5.60 Å². The van der Waals surface area contributed by atoms with Gasteiger partial charge in [-0.25, -0.2) is 0 Å². The summed E-state index contributed by atoms with van der Waals surface area (Å²) in [6.07, 6.45) is 0. The monoisotopic (exact) mass is 228 g/mol. The minimum Gasteiger partial charge on any atom is -0.507 e. The second-order valence-corrected chi connectivity index (χ2v) is 4.85. The van der Waals surface area contributed by atoms with E-state index in [9.17, 15) is 10.2 Å². The molecule has 0 spiro atoms. The number of phenolic OH excluding ortho intramolecular Hbond substituents is 1. The quantitative estimate of drug-likeness (QED) is 0.775.